The van der Waals surface area contributed by atoms with Crippen LogP contribution in [0.5, 0.6) is 0 Å². The fourth-order valence-corrected chi connectivity index (χ4v) is 2.24. The summed E-state index contributed by atoms with van der Waals surface area (Å²) in [5.41, 5.74) is 0. The predicted molar refractivity (Wildman–Crippen MR) is 89.0 cm³/mol. The standard InChI is InChI=1S/C15H18N2O10.Li.H/c18-10-6-8(12(20)16-10)26-14(22)24-4-2-1-3-5-25-15(23)27-9-7-11(19)17-13(9)21;;/h8-9H,1-7H2,(H,16,18,20)(H,17,19,21);;. The second-order valence-electron chi connectivity index (χ2n) is 5.70. The molecule has 0 aliphatic carbocycles. The number of ether oxygens (including phenoxy) is 4. The van der Waals surface area contributed by atoms with E-state index in [9.17, 15) is 28.8 Å². The number of carbonyl (C=O) groups is 6. The van der Waals surface area contributed by atoms with Crippen LogP contribution in [0.25, 0.3) is 0 Å². The molecular formula is C15H19LiN2O10. The molecule has 2 atom stereocenters. The molecule has 0 bridgehead atoms. The third-order valence-electron chi connectivity index (χ3n) is 3.56. The van der Waals surface area contributed by atoms with Crippen LogP contribution in [-0.4, -0.2) is 80.2 Å². The quantitative estimate of drug-likeness (QED) is 0.218. The fraction of sp³-hybridized carbons (Fsp3) is 0.600. The molecule has 12 nitrogen and oxygen atoms in total. The van der Waals surface area contributed by atoms with Gasteiger partial charge in [-0.1, -0.05) is 0 Å². The zero-order valence-electron chi connectivity index (χ0n) is 14.2. The van der Waals surface area contributed by atoms with Crippen molar-refractivity contribution < 1.29 is 47.7 Å². The van der Waals surface area contributed by atoms with Crippen LogP contribution in [0.4, 0.5) is 9.59 Å². The number of hydrogen-bond donors (Lipinski definition) is 2. The van der Waals surface area contributed by atoms with Gasteiger partial charge in [-0.05, 0) is 19.3 Å². The summed E-state index contributed by atoms with van der Waals surface area (Å²) >= 11 is 0. The second kappa shape index (κ2) is 11.3. The average molecular weight is 394 g/mol. The first kappa shape index (κ1) is 23.5. The molecule has 13 heteroatoms. The van der Waals surface area contributed by atoms with Crippen LogP contribution in [-0.2, 0) is 38.1 Å². The second-order valence-corrected chi connectivity index (χ2v) is 5.70. The molecule has 28 heavy (non-hydrogen) atoms. The Kier molecular flexibility index (Phi) is 9.47. The van der Waals surface area contributed by atoms with Crippen LogP contribution >= 0.6 is 0 Å². The Labute approximate surface area is 171 Å². The summed E-state index contributed by atoms with van der Waals surface area (Å²) in [6.07, 6.45) is -3.43. The minimum absolute atomic E-state index is 0. The van der Waals surface area contributed by atoms with E-state index in [0.717, 1.165) is 0 Å². The van der Waals surface area contributed by atoms with Gasteiger partial charge in [-0.25, -0.2) is 9.59 Å². The first-order chi connectivity index (χ1) is 12.8. The molecule has 2 fully saturated rings. The Morgan fingerprint density at radius 1 is 0.750 bits per heavy atom. The van der Waals surface area contributed by atoms with E-state index in [-0.39, 0.29) is 44.9 Å². The summed E-state index contributed by atoms with van der Waals surface area (Å²) < 4.78 is 18.9. The summed E-state index contributed by atoms with van der Waals surface area (Å²) in [6, 6.07) is 0. The summed E-state index contributed by atoms with van der Waals surface area (Å²) in [4.78, 5) is 67.0. The average Bonchev–Trinajstić information content (AvgIpc) is 3.06. The van der Waals surface area contributed by atoms with Crippen molar-refractivity contribution in [2.45, 2.75) is 44.3 Å². The molecule has 0 aromatic carbocycles. The molecule has 2 unspecified atom stereocenters. The van der Waals surface area contributed by atoms with Crippen LogP contribution < -0.4 is 10.6 Å². The van der Waals surface area contributed by atoms with Crippen molar-refractivity contribution >= 4 is 54.8 Å². The van der Waals surface area contributed by atoms with E-state index in [0.29, 0.717) is 19.3 Å². The number of amides is 4. The van der Waals surface area contributed by atoms with E-state index in [1.54, 1.807) is 0 Å². The summed E-state index contributed by atoms with van der Waals surface area (Å²) in [6.45, 7) is 0.0475. The van der Waals surface area contributed by atoms with E-state index in [1.165, 1.54) is 0 Å². The van der Waals surface area contributed by atoms with Crippen LogP contribution in [0.15, 0.2) is 0 Å². The molecule has 150 valence electrons. The van der Waals surface area contributed by atoms with E-state index < -0.39 is 48.1 Å². The number of unbranched alkanes of at least 4 members (excludes halogenated alkanes) is 2. The van der Waals surface area contributed by atoms with Crippen LogP contribution in [0, 0.1) is 0 Å². The molecular weight excluding hydrogens is 375 g/mol. The molecule has 4 amide bonds. The van der Waals surface area contributed by atoms with Gasteiger partial charge in [-0.2, -0.15) is 0 Å². The van der Waals surface area contributed by atoms with Crippen molar-refractivity contribution in [1.29, 1.82) is 0 Å². The Morgan fingerprint density at radius 3 is 1.46 bits per heavy atom. The number of hydrogen-bond acceptors (Lipinski definition) is 10. The van der Waals surface area contributed by atoms with Gasteiger partial charge in [-0.15, -0.1) is 0 Å². The SMILES string of the molecule is O=C1CC(OC(=O)OCCCCCOC(=O)OC2CC(=O)NC2=O)C(=O)N1.[LiH]. The van der Waals surface area contributed by atoms with Crippen molar-refractivity contribution in [2.75, 3.05) is 13.2 Å². The first-order valence-electron chi connectivity index (χ1n) is 8.19. The van der Waals surface area contributed by atoms with E-state index in [1.807, 2.05) is 10.6 Å². The van der Waals surface area contributed by atoms with Gasteiger partial charge in [0, 0.05) is 0 Å². The molecule has 2 aliphatic heterocycles. The number of nitrogens with one attached hydrogen (secondary N) is 2. The molecule has 2 heterocycles. The van der Waals surface area contributed by atoms with E-state index >= 15 is 0 Å². The molecule has 0 saturated carbocycles. The number of imide groups is 2. The van der Waals surface area contributed by atoms with Gasteiger partial charge in [0.15, 0.2) is 12.2 Å². The van der Waals surface area contributed by atoms with Crippen molar-refractivity contribution in [1.82, 2.24) is 10.6 Å². The molecule has 2 N–H and O–H groups in total. The van der Waals surface area contributed by atoms with Crippen molar-refractivity contribution in [3.05, 3.63) is 0 Å². The van der Waals surface area contributed by atoms with Gasteiger partial charge in [-0.3, -0.25) is 29.8 Å². The maximum absolute atomic E-state index is 11.4. The Morgan fingerprint density at radius 2 is 1.14 bits per heavy atom. The third-order valence-corrected chi connectivity index (χ3v) is 3.56. The first-order valence-corrected chi connectivity index (χ1v) is 8.19. The number of carbonyl (C=O) groups excluding carboxylic acids is 6. The van der Waals surface area contributed by atoms with Crippen LogP contribution in [0.1, 0.15) is 32.1 Å². The summed E-state index contributed by atoms with van der Waals surface area (Å²) in [5.74, 6) is -2.39. The molecule has 0 spiro atoms. The van der Waals surface area contributed by atoms with Gasteiger partial charge in [0.2, 0.25) is 11.8 Å². The fourth-order valence-electron chi connectivity index (χ4n) is 2.24. The van der Waals surface area contributed by atoms with Gasteiger partial charge < -0.3 is 18.9 Å². The van der Waals surface area contributed by atoms with Gasteiger partial charge >= 0.3 is 31.2 Å². The van der Waals surface area contributed by atoms with Crippen LogP contribution in [0.3, 0.4) is 0 Å². The Bertz CT molecular complexity index is 599. The van der Waals surface area contributed by atoms with E-state index in [4.69, 9.17) is 18.9 Å². The van der Waals surface area contributed by atoms with Crippen molar-refractivity contribution in [3.63, 3.8) is 0 Å². The molecule has 2 saturated heterocycles. The van der Waals surface area contributed by atoms with Crippen molar-refractivity contribution in [3.8, 4) is 0 Å². The van der Waals surface area contributed by atoms with Crippen LogP contribution in [0.2, 0.25) is 0 Å². The number of rotatable bonds is 8. The Hall–Kier alpha value is -2.58. The molecule has 0 aromatic rings. The van der Waals surface area contributed by atoms with E-state index in [2.05, 4.69) is 0 Å². The summed E-state index contributed by atoms with van der Waals surface area (Å²) in [7, 11) is 0. The van der Waals surface area contributed by atoms with Gasteiger partial charge in [0.1, 0.15) is 0 Å². The topological polar surface area (TPSA) is 163 Å². The summed E-state index contributed by atoms with van der Waals surface area (Å²) in [5, 5.41) is 4.00. The van der Waals surface area contributed by atoms with Gasteiger partial charge in [0.25, 0.3) is 11.8 Å². The Balaban J connectivity index is 0.00000392. The molecule has 0 radical (unpaired) electrons. The molecule has 2 aliphatic rings. The monoisotopic (exact) mass is 394 g/mol. The zero-order chi connectivity index (χ0) is 19.8. The normalized spacial score (nSPS) is 20.7. The van der Waals surface area contributed by atoms with Crippen molar-refractivity contribution in [2.24, 2.45) is 0 Å². The minimum atomic E-state index is -1.17. The maximum atomic E-state index is 11.4. The predicted octanol–water partition coefficient (Wildman–Crippen LogP) is -1.36. The third kappa shape index (κ3) is 7.57. The van der Waals surface area contributed by atoms with Gasteiger partial charge in [0.05, 0.1) is 26.1 Å². The zero-order valence-corrected chi connectivity index (χ0v) is 14.2. The molecule has 2 rings (SSSR count). The molecule has 0 aromatic heterocycles.